The van der Waals surface area contributed by atoms with Gasteiger partial charge in [-0.05, 0) is 12.5 Å². The maximum atomic E-state index is 12.8. The minimum Gasteiger partial charge on any atom is -0.462 e. The molecule has 0 heterocycles. The molecule has 21 heavy (non-hydrogen) atoms. The van der Waals surface area contributed by atoms with Crippen LogP contribution in [0.15, 0.2) is 30.3 Å². The van der Waals surface area contributed by atoms with Gasteiger partial charge in [0.15, 0.2) is 0 Å². The summed E-state index contributed by atoms with van der Waals surface area (Å²) in [7, 11) is 0. The van der Waals surface area contributed by atoms with Crippen LogP contribution in [-0.2, 0) is 20.7 Å². The second kappa shape index (κ2) is 6.57. The monoisotopic (exact) mass is 305 g/mol. The fraction of sp³-hybridized carbons (Fsp3) is 0.385. The first kappa shape index (κ1) is 17.0. The van der Waals surface area contributed by atoms with Crippen molar-refractivity contribution in [2.24, 2.45) is 0 Å². The number of ether oxygens (including phenoxy) is 1. The van der Waals surface area contributed by atoms with E-state index in [9.17, 15) is 27.9 Å². The number of carbonyl (C=O) groups excluding carboxylic acids is 2. The molecule has 116 valence electrons. The van der Waals surface area contributed by atoms with Crippen molar-refractivity contribution in [1.82, 2.24) is 5.32 Å². The highest BCUT2D eigenvalue weighted by atomic mass is 19.4. The summed E-state index contributed by atoms with van der Waals surface area (Å²) < 4.78 is 42.6. The number of hydrogen-bond donors (Lipinski definition) is 2. The second-order valence-corrected chi connectivity index (χ2v) is 4.14. The minimum atomic E-state index is -5.40. The number of aliphatic hydroxyl groups is 1. The number of rotatable bonds is 5. The number of nitrogens with one attached hydrogen (secondary N) is 1. The predicted octanol–water partition coefficient (Wildman–Crippen LogP) is 1.16. The summed E-state index contributed by atoms with van der Waals surface area (Å²) in [4.78, 5) is 22.9. The topological polar surface area (TPSA) is 75.6 Å². The van der Waals surface area contributed by atoms with Crippen molar-refractivity contribution in [3.05, 3.63) is 35.9 Å². The van der Waals surface area contributed by atoms with Crippen molar-refractivity contribution in [2.75, 3.05) is 6.61 Å². The highest BCUT2D eigenvalue weighted by Crippen LogP contribution is 2.29. The molecule has 2 N–H and O–H groups in total. The van der Waals surface area contributed by atoms with Gasteiger partial charge in [-0.15, -0.1) is 0 Å². The van der Waals surface area contributed by atoms with Crippen LogP contribution in [0.2, 0.25) is 0 Å². The van der Waals surface area contributed by atoms with Gasteiger partial charge in [0.2, 0.25) is 5.91 Å². The zero-order chi connectivity index (χ0) is 16.1. The van der Waals surface area contributed by atoms with Crippen molar-refractivity contribution in [2.45, 2.75) is 25.2 Å². The Morgan fingerprint density at radius 2 is 1.81 bits per heavy atom. The van der Waals surface area contributed by atoms with Crippen LogP contribution in [0, 0.1) is 0 Å². The van der Waals surface area contributed by atoms with E-state index in [1.165, 1.54) is 24.4 Å². The molecule has 1 aromatic rings. The molecule has 0 saturated heterocycles. The molecule has 1 rings (SSSR count). The molecular weight excluding hydrogens is 291 g/mol. The summed E-state index contributed by atoms with van der Waals surface area (Å²) in [6.45, 7) is 0.909. The summed E-state index contributed by atoms with van der Waals surface area (Å²) in [5, 5.41) is 10.7. The Morgan fingerprint density at radius 1 is 1.24 bits per heavy atom. The van der Waals surface area contributed by atoms with Gasteiger partial charge in [-0.3, -0.25) is 4.79 Å². The number of amides is 1. The third-order valence-corrected chi connectivity index (χ3v) is 2.51. The molecule has 1 unspecified atom stereocenters. The summed E-state index contributed by atoms with van der Waals surface area (Å²) in [5.74, 6) is -3.13. The van der Waals surface area contributed by atoms with E-state index in [-0.39, 0.29) is 6.61 Å². The lowest BCUT2D eigenvalue weighted by Crippen LogP contribution is -2.64. The molecule has 1 amide bonds. The SMILES string of the molecule is CCOC(=O)C(O)(NC(=O)Cc1ccccc1)C(F)(F)F. The fourth-order valence-corrected chi connectivity index (χ4v) is 1.50. The van der Waals surface area contributed by atoms with Crippen LogP contribution in [0.4, 0.5) is 13.2 Å². The Morgan fingerprint density at radius 3 is 2.29 bits per heavy atom. The normalized spacial score (nSPS) is 14.1. The molecule has 0 aromatic heterocycles. The van der Waals surface area contributed by atoms with Crippen LogP contribution < -0.4 is 5.32 Å². The largest absolute Gasteiger partial charge is 0.462 e. The molecule has 0 aliphatic carbocycles. The Labute approximate surface area is 118 Å². The Hall–Kier alpha value is -2.09. The molecule has 1 aromatic carbocycles. The fourth-order valence-electron chi connectivity index (χ4n) is 1.50. The standard InChI is InChI=1S/C13H14F3NO4/c1-2-21-11(19)12(20,13(14,15)16)17-10(18)8-9-6-4-3-5-7-9/h3-7,20H,2,8H2,1H3,(H,17,18). The van der Waals surface area contributed by atoms with Gasteiger partial charge in [-0.2, -0.15) is 13.2 Å². The van der Waals surface area contributed by atoms with Gasteiger partial charge in [-0.1, -0.05) is 30.3 Å². The van der Waals surface area contributed by atoms with Gasteiger partial charge in [0.05, 0.1) is 13.0 Å². The van der Waals surface area contributed by atoms with Crippen molar-refractivity contribution in [3.63, 3.8) is 0 Å². The number of benzene rings is 1. The highest BCUT2D eigenvalue weighted by Gasteiger charge is 2.62. The van der Waals surface area contributed by atoms with Crippen LogP contribution in [0.3, 0.4) is 0 Å². The Kier molecular flexibility index (Phi) is 5.31. The minimum absolute atomic E-state index is 0.369. The molecule has 8 heteroatoms. The van der Waals surface area contributed by atoms with Crippen LogP contribution in [0.5, 0.6) is 0 Å². The average molecular weight is 305 g/mol. The van der Waals surface area contributed by atoms with Gasteiger partial charge < -0.3 is 15.2 Å². The van der Waals surface area contributed by atoms with Gasteiger partial charge >= 0.3 is 17.9 Å². The maximum Gasteiger partial charge on any atom is 0.448 e. The lowest BCUT2D eigenvalue weighted by Gasteiger charge is -2.28. The molecule has 0 fully saturated rings. The zero-order valence-corrected chi connectivity index (χ0v) is 11.1. The van der Waals surface area contributed by atoms with E-state index in [0.717, 1.165) is 0 Å². The number of carbonyl (C=O) groups is 2. The third-order valence-electron chi connectivity index (χ3n) is 2.51. The smallest absolute Gasteiger partial charge is 0.448 e. The predicted molar refractivity (Wildman–Crippen MR) is 65.9 cm³/mol. The first-order chi connectivity index (χ1) is 9.70. The Balaban J connectivity index is 2.87. The number of esters is 1. The van der Waals surface area contributed by atoms with E-state index < -0.39 is 30.2 Å². The molecule has 0 bridgehead atoms. The highest BCUT2D eigenvalue weighted by molar-refractivity contribution is 5.88. The molecule has 0 aliphatic rings. The van der Waals surface area contributed by atoms with Crippen molar-refractivity contribution < 1.29 is 32.6 Å². The number of alkyl halides is 3. The molecule has 0 radical (unpaired) electrons. The lowest BCUT2D eigenvalue weighted by atomic mass is 10.1. The van der Waals surface area contributed by atoms with Gasteiger partial charge in [0.1, 0.15) is 0 Å². The first-order valence-electron chi connectivity index (χ1n) is 6.02. The van der Waals surface area contributed by atoms with Crippen LogP contribution >= 0.6 is 0 Å². The summed E-state index contributed by atoms with van der Waals surface area (Å²) in [6, 6.07) is 7.92. The maximum absolute atomic E-state index is 12.8. The number of halogens is 3. The van der Waals surface area contributed by atoms with E-state index in [1.807, 2.05) is 0 Å². The molecule has 1 atom stereocenters. The van der Waals surface area contributed by atoms with Crippen molar-refractivity contribution in [1.29, 1.82) is 0 Å². The molecule has 0 aliphatic heterocycles. The van der Waals surface area contributed by atoms with E-state index in [2.05, 4.69) is 4.74 Å². The van der Waals surface area contributed by atoms with Crippen molar-refractivity contribution >= 4 is 11.9 Å². The van der Waals surface area contributed by atoms with Crippen molar-refractivity contribution in [3.8, 4) is 0 Å². The van der Waals surface area contributed by atoms with E-state index in [4.69, 9.17) is 0 Å². The van der Waals surface area contributed by atoms with Gasteiger partial charge in [0.25, 0.3) is 0 Å². The molecule has 5 nitrogen and oxygen atoms in total. The van der Waals surface area contributed by atoms with Gasteiger partial charge in [-0.25, -0.2) is 4.79 Å². The molecule has 0 spiro atoms. The van der Waals surface area contributed by atoms with E-state index >= 15 is 0 Å². The lowest BCUT2D eigenvalue weighted by molar-refractivity contribution is -0.271. The summed E-state index contributed by atoms with van der Waals surface area (Å²) in [6.07, 6.45) is -5.82. The molecular formula is C13H14F3NO4. The zero-order valence-electron chi connectivity index (χ0n) is 11.1. The average Bonchev–Trinajstić information content (AvgIpc) is 2.38. The van der Waals surface area contributed by atoms with Crippen LogP contribution in [0.25, 0.3) is 0 Å². The van der Waals surface area contributed by atoms with Crippen LogP contribution in [-0.4, -0.2) is 35.5 Å². The molecule has 0 saturated carbocycles. The van der Waals surface area contributed by atoms with E-state index in [1.54, 1.807) is 18.2 Å². The summed E-state index contributed by atoms with van der Waals surface area (Å²) >= 11 is 0. The summed E-state index contributed by atoms with van der Waals surface area (Å²) in [5.41, 5.74) is -3.63. The quantitative estimate of drug-likeness (QED) is 0.632. The van der Waals surface area contributed by atoms with Gasteiger partial charge in [0, 0.05) is 0 Å². The first-order valence-corrected chi connectivity index (χ1v) is 6.02. The van der Waals surface area contributed by atoms with E-state index in [0.29, 0.717) is 5.56 Å². The second-order valence-electron chi connectivity index (χ2n) is 4.14. The third kappa shape index (κ3) is 4.19. The Bertz CT molecular complexity index is 504. The van der Waals surface area contributed by atoms with Crippen LogP contribution in [0.1, 0.15) is 12.5 Å². The number of hydrogen-bond acceptors (Lipinski definition) is 4.